The lowest BCUT2D eigenvalue weighted by Gasteiger charge is -2.11. The highest BCUT2D eigenvalue weighted by Gasteiger charge is 2.18. The molecule has 1 heterocycles. The van der Waals surface area contributed by atoms with Gasteiger partial charge in [-0.05, 0) is 61.5 Å². The standard InChI is InChI=1S/C22H21BrN2O2S2/c1-3-27-21(26)18-13-17(12-15-7-5-4-6-8-15)29-20(18)25-22(28)24-16-9-10-19(23)14(2)11-16/h4-11,13H,3,12H2,1-2H3,(H2,24,25,28). The predicted octanol–water partition coefficient (Wildman–Crippen LogP) is 6.40. The second-order valence-corrected chi connectivity index (χ2v) is 8.78. The Morgan fingerprint density at radius 3 is 2.59 bits per heavy atom. The molecule has 0 radical (unpaired) electrons. The van der Waals surface area contributed by atoms with Gasteiger partial charge in [0.15, 0.2) is 5.11 Å². The molecule has 1 aromatic heterocycles. The summed E-state index contributed by atoms with van der Waals surface area (Å²) in [6.07, 6.45) is 0.742. The van der Waals surface area contributed by atoms with E-state index in [4.69, 9.17) is 17.0 Å². The number of carbonyl (C=O) groups is 1. The summed E-state index contributed by atoms with van der Waals surface area (Å²) in [5, 5.41) is 7.44. The zero-order chi connectivity index (χ0) is 20.8. The number of halogens is 1. The highest BCUT2D eigenvalue weighted by Crippen LogP contribution is 2.31. The van der Waals surface area contributed by atoms with Crippen LogP contribution in [0.3, 0.4) is 0 Å². The Balaban J connectivity index is 1.79. The van der Waals surface area contributed by atoms with E-state index in [1.54, 1.807) is 6.92 Å². The Hall–Kier alpha value is -2.22. The fourth-order valence-electron chi connectivity index (χ4n) is 2.77. The van der Waals surface area contributed by atoms with Gasteiger partial charge in [0.25, 0.3) is 0 Å². The van der Waals surface area contributed by atoms with Gasteiger partial charge in [0, 0.05) is 21.5 Å². The van der Waals surface area contributed by atoms with E-state index in [0.717, 1.165) is 27.0 Å². The number of nitrogens with one attached hydrogen (secondary N) is 2. The van der Waals surface area contributed by atoms with Crippen molar-refractivity contribution in [3.05, 3.63) is 80.6 Å². The van der Waals surface area contributed by atoms with E-state index in [1.165, 1.54) is 16.9 Å². The average Bonchev–Trinajstić information content (AvgIpc) is 3.08. The highest BCUT2D eigenvalue weighted by molar-refractivity contribution is 9.10. The number of ether oxygens (including phenoxy) is 1. The van der Waals surface area contributed by atoms with Crippen molar-refractivity contribution in [3.8, 4) is 0 Å². The third-order valence-electron chi connectivity index (χ3n) is 4.14. The molecule has 7 heteroatoms. The molecular formula is C22H21BrN2O2S2. The maximum Gasteiger partial charge on any atom is 0.341 e. The van der Waals surface area contributed by atoms with Gasteiger partial charge in [0.05, 0.1) is 12.2 Å². The van der Waals surface area contributed by atoms with Crippen LogP contribution in [-0.4, -0.2) is 17.7 Å². The van der Waals surface area contributed by atoms with Gasteiger partial charge in [0.2, 0.25) is 0 Å². The van der Waals surface area contributed by atoms with E-state index in [2.05, 4.69) is 38.7 Å². The van der Waals surface area contributed by atoms with E-state index in [1.807, 2.05) is 49.4 Å². The molecule has 0 aliphatic carbocycles. The molecule has 0 aliphatic rings. The molecule has 0 saturated heterocycles. The van der Waals surface area contributed by atoms with Crippen molar-refractivity contribution >= 4 is 61.3 Å². The van der Waals surface area contributed by atoms with Gasteiger partial charge in [-0.1, -0.05) is 46.3 Å². The second kappa shape index (κ2) is 10.0. The van der Waals surface area contributed by atoms with E-state index in [9.17, 15) is 4.79 Å². The average molecular weight is 489 g/mol. The van der Waals surface area contributed by atoms with Crippen LogP contribution in [0, 0.1) is 6.92 Å². The lowest BCUT2D eigenvalue weighted by atomic mass is 10.1. The molecular weight excluding hydrogens is 468 g/mol. The molecule has 0 spiro atoms. The number of thiophene rings is 1. The van der Waals surface area contributed by atoms with Crippen LogP contribution in [0.5, 0.6) is 0 Å². The SMILES string of the molecule is CCOC(=O)c1cc(Cc2ccccc2)sc1NC(=S)Nc1ccc(Br)c(C)c1. The summed E-state index contributed by atoms with van der Waals surface area (Å²) in [5.41, 5.74) is 3.66. The fraction of sp³-hybridized carbons (Fsp3) is 0.182. The molecule has 2 N–H and O–H groups in total. The molecule has 3 rings (SSSR count). The number of hydrogen-bond donors (Lipinski definition) is 2. The lowest BCUT2D eigenvalue weighted by Crippen LogP contribution is -2.20. The van der Waals surface area contributed by atoms with Gasteiger partial charge in [-0.25, -0.2) is 4.79 Å². The molecule has 0 fully saturated rings. The molecule has 0 unspecified atom stereocenters. The molecule has 0 amide bonds. The van der Waals surface area contributed by atoms with Crippen LogP contribution < -0.4 is 10.6 Å². The van der Waals surface area contributed by atoms with Gasteiger partial charge in [-0.2, -0.15) is 0 Å². The van der Waals surface area contributed by atoms with Crippen LogP contribution in [0.1, 0.15) is 33.3 Å². The zero-order valence-electron chi connectivity index (χ0n) is 16.1. The van der Waals surface area contributed by atoms with Crippen molar-refractivity contribution < 1.29 is 9.53 Å². The summed E-state index contributed by atoms with van der Waals surface area (Å²) in [5.74, 6) is -0.354. The predicted molar refractivity (Wildman–Crippen MR) is 128 cm³/mol. The Kier molecular flexibility index (Phi) is 7.41. The van der Waals surface area contributed by atoms with E-state index < -0.39 is 0 Å². The van der Waals surface area contributed by atoms with Gasteiger partial charge < -0.3 is 15.4 Å². The summed E-state index contributed by atoms with van der Waals surface area (Å²) in [6, 6.07) is 17.9. The largest absolute Gasteiger partial charge is 0.462 e. The van der Waals surface area contributed by atoms with Crippen LogP contribution in [-0.2, 0) is 11.2 Å². The van der Waals surface area contributed by atoms with E-state index >= 15 is 0 Å². The third-order valence-corrected chi connectivity index (χ3v) is 6.29. The van der Waals surface area contributed by atoms with Crippen LogP contribution in [0.15, 0.2) is 59.1 Å². The quantitative estimate of drug-likeness (QED) is 0.310. The van der Waals surface area contributed by atoms with Crippen LogP contribution in [0.25, 0.3) is 0 Å². The molecule has 0 saturated carbocycles. The van der Waals surface area contributed by atoms with Crippen molar-refractivity contribution in [2.75, 3.05) is 17.2 Å². The number of anilines is 2. The third kappa shape index (κ3) is 5.88. The van der Waals surface area contributed by atoms with Gasteiger partial charge in [0.1, 0.15) is 5.00 Å². The summed E-state index contributed by atoms with van der Waals surface area (Å²) in [4.78, 5) is 13.5. The molecule has 3 aromatic rings. The number of thiocarbonyl (C=S) groups is 1. The van der Waals surface area contributed by atoms with Crippen molar-refractivity contribution in [2.24, 2.45) is 0 Å². The van der Waals surface area contributed by atoms with Gasteiger partial charge in [-0.3, -0.25) is 0 Å². The molecule has 0 atom stereocenters. The van der Waals surface area contributed by atoms with Crippen LogP contribution in [0.4, 0.5) is 10.7 Å². The minimum absolute atomic E-state index is 0.322. The number of aryl methyl sites for hydroxylation is 1. The summed E-state index contributed by atoms with van der Waals surface area (Å²) in [7, 11) is 0. The maximum absolute atomic E-state index is 12.4. The number of esters is 1. The van der Waals surface area contributed by atoms with Crippen molar-refractivity contribution in [2.45, 2.75) is 20.3 Å². The van der Waals surface area contributed by atoms with E-state index in [-0.39, 0.29) is 5.97 Å². The van der Waals surface area contributed by atoms with E-state index in [0.29, 0.717) is 22.3 Å². The van der Waals surface area contributed by atoms with Crippen molar-refractivity contribution in [1.29, 1.82) is 0 Å². The first-order valence-electron chi connectivity index (χ1n) is 9.14. The first kappa shape index (κ1) is 21.5. The first-order chi connectivity index (χ1) is 14.0. The van der Waals surface area contributed by atoms with Crippen molar-refractivity contribution in [3.63, 3.8) is 0 Å². The molecule has 4 nitrogen and oxygen atoms in total. The second-order valence-electron chi connectivity index (χ2n) is 6.38. The maximum atomic E-state index is 12.4. The molecule has 150 valence electrons. The summed E-state index contributed by atoms with van der Waals surface area (Å²) < 4.78 is 6.26. The topological polar surface area (TPSA) is 50.4 Å². The minimum Gasteiger partial charge on any atom is -0.462 e. The normalized spacial score (nSPS) is 10.4. The highest BCUT2D eigenvalue weighted by atomic mass is 79.9. The monoisotopic (exact) mass is 488 g/mol. The Labute approximate surface area is 188 Å². The Bertz CT molecular complexity index is 1020. The minimum atomic E-state index is -0.354. The molecule has 2 aromatic carbocycles. The van der Waals surface area contributed by atoms with Crippen LogP contribution >= 0.6 is 39.5 Å². The number of carbonyl (C=O) groups excluding carboxylic acids is 1. The zero-order valence-corrected chi connectivity index (χ0v) is 19.3. The van der Waals surface area contributed by atoms with Gasteiger partial charge >= 0.3 is 5.97 Å². The smallest absolute Gasteiger partial charge is 0.341 e. The molecule has 0 aliphatic heterocycles. The summed E-state index contributed by atoms with van der Waals surface area (Å²) in [6.45, 7) is 4.13. The fourth-order valence-corrected chi connectivity index (χ4v) is 4.38. The Morgan fingerprint density at radius 2 is 1.90 bits per heavy atom. The number of hydrogen-bond acceptors (Lipinski definition) is 4. The van der Waals surface area contributed by atoms with Crippen molar-refractivity contribution in [1.82, 2.24) is 0 Å². The lowest BCUT2D eigenvalue weighted by molar-refractivity contribution is 0.0528. The number of rotatable bonds is 6. The molecule has 0 bridgehead atoms. The van der Waals surface area contributed by atoms with Gasteiger partial charge in [-0.15, -0.1) is 11.3 Å². The molecule has 29 heavy (non-hydrogen) atoms. The summed E-state index contributed by atoms with van der Waals surface area (Å²) >= 11 is 10.5. The van der Waals surface area contributed by atoms with Crippen LogP contribution in [0.2, 0.25) is 0 Å². The Morgan fingerprint density at radius 1 is 1.14 bits per heavy atom. The first-order valence-corrected chi connectivity index (χ1v) is 11.2. The number of benzene rings is 2.